The molecule has 3 nitrogen and oxygen atoms in total. The molecule has 4 unspecified atom stereocenters. The highest BCUT2D eigenvalue weighted by Crippen LogP contribution is 2.30. The number of piperazine rings is 1. The van der Waals surface area contributed by atoms with Crippen molar-refractivity contribution in [2.45, 2.75) is 84.0 Å². The molecule has 2 aliphatic rings. The molecule has 21 heavy (non-hydrogen) atoms. The lowest BCUT2D eigenvalue weighted by molar-refractivity contribution is -0.0115. The largest absolute Gasteiger partial charge is 0.381 e. The lowest BCUT2D eigenvalue weighted by Gasteiger charge is -2.48. The Balaban J connectivity index is 2.02. The Morgan fingerprint density at radius 3 is 2.57 bits per heavy atom. The molecule has 0 spiro atoms. The van der Waals surface area contributed by atoms with E-state index < -0.39 is 0 Å². The van der Waals surface area contributed by atoms with Gasteiger partial charge < -0.3 is 10.1 Å². The molecule has 0 aromatic heterocycles. The zero-order chi connectivity index (χ0) is 15.4. The van der Waals surface area contributed by atoms with Gasteiger partial charge in [0.2, 0.25) is 0 Å². The summed E-state index contributed by atoms with van der Waals surface area (Å²) in [6.07, 6.45) is 6.94. The second-order valence-electron chi connectivity index (χ2n) is 7.92. The lowest BCUT2D eigenvalue weighted by atomic mass is 9.87. The fourth-order valence-corrected chi connectivity index (χ4v) is 4.26. The zero-order valence-electron chi connectivity index (χ0n) is 14.8. The van der Waals surface area contributed by atoms with Gasteiger partial charge in [-0.1, -0.05) is 27.7 Å². The summed E-state index contributed by atoms with van der Waals surface area (Å²) < 4.78 is 5.66. The van der Waals surface area contributed by atoms with Gasteiger partial charge >= 0.3 is 0 Å². The number of methoxy groups -OCH3 is 1. The second-order valence-corrected chi connectivity index (χ2v) is 7.92. The molecule has 1 saturated heterocycles. The Morgan fingerprint density at radius 2 is 1.95 bits per heavy atom. The fraction of sp³-hybridized carbons (Fsp3) is 1.00. The highest BCUT2D eigenvalue weighted by atomic mass is 16.5. The van der Waals surface area contributed by atoms with Crippen molar-refractivity contribution in [3.05, 3.63) is 0 Å². The average Bonchev–Trinajstić information content (AvgIpc) is 2.46. The van der Waals surface area contributed by atoms with Gasteiger partial charge in [-0.15, -0.1) is 0 Å². The van der Waals surface area contributed by atoms with Crippen molar-refractivity contribution < 1.29 is 4.74 Å². The molecule has 2 rings (SSSR count). The van der Waals surface area contributed by atoms with Crippen molar-refractivity contribution in [1.29, 1.82) is 0 Å². The molecule has 4 atom stereocenters. The SMILES string of the molecule is COC1CCCC(N2CC(CC(C)C)NCC2C(C)C)C1. The maximum atomic E-state index is 5.66. The number of rotatable bonds is 5. The van der Waals surface area contributed by atoms with Crippen LogP contribution in [0.3, 0.4) is 0 Å². The zero-order valence-corrected chi connectivity index (χ0v) is 14.8. The molecule has 1 saturated carbocycles. The standard InChI is InChI=1S/C18H36N2O/c1-13(2)9-15-12-20(18(11-19-15)14(3)4)16-7-6-8-17(10-16)21-5/h13-19H,6-12H2,1-5H3. The Kier molecular flexibility index (Phi) is 6.51. The molecular formula is C18H36N2O. The second kappa shape index (κ2) is 7.94. The summed E-state index contributed by atoms with van der Waals surface area (Å²) in [6, 6.07) is 2.09. The van der Waals surface area contributed by atoms with Crippen LogP contribution in [0, 0.1) is 11.8 Å². The van der Waals surface area contributed by atoms with Crippen molar-refractivity contribution in [3.63, 3.8) is 0 Å². The normalized spacial score (nSPS) is 35.6. The first-order valence-corrected chi connectivity index (χ1v) is 9.03. The Hall–Kier alpha value is -0.120. The third-order valence-corrected chi connectivity index (χ3v) is 5.40. The smallest absolute Gasteiger partial charge is 0.0586 e. The van der Waals surface area contributed by atoms with E-state index in [0.717, 1.165) is 24.4 Å². The summed E-state index contributed by atoms with van der Waals surface area (Å²) in [5.74, 6) is 1.50. The van der Waals surface area contributed by atoms with Crippen molar-refractivity contribution >= 4 is 0 Å². The summed E-state index contributed by atoms with van der Waals surface area (Å²) in [4.78, 5) is 2.83. The number of nitrogens with zero attached hydrogens (tertiary/aromatic N) is 1. The maximum absolute atomic E-state index is 5.66. The average molecular weight is 296 g/mol. The first-order chi connectivity index (χ1) is 10.0. The van der Waals surface area contributed by atoms with Crippen LogP contribution >= 0.6 is 0 Å². The number of ether oxygens (including phenoxy) is 1. The molecular weight excluding hydrogens is 260 g/mol. The van der Waals surface area contributed by atoms with Crippen LogP contribution in [0.15, 0.2) is 0 Å². The molecule has 1 N–H and O–H groups in total. The summed E-state index contributed by atoms with van der Waals surface area (Å²) in [7, 11) is 1.88. The minimum Gasteiger partial charge on any atom is -0.381 e. The van der Waals surface area contributed by atoms with Crippen LogP contribution < -0.4 is 5.32 Å². The lowest BCUT2D eigenvalue weighted by Crippen LogP contribution is -2.62. The van der Waals surface area contributed by atoms with Gasteiger partial charge in [-0.05, 0) is 43.9 Å². The molecule has 0 aromatic rings. The van der Waals surface area contributed by atoms with Crippen LogP contribution in [0.2, 0.25) is 0 Å². The van der Waals surface area contributed by atoms with Crippen LogP contribution in [-0.2, 0) is 4.74 Å². The number of hydrogen-bond acceptors (Lipinski definition) is 3. The van der Waals surface area contributed by atoms with Crippen molar-refractivity contribution in [2.24, 2.45) is 11.8 Å². The molecule has 1 heterocycles. The van der Waals surface area contributed by atoms with Gasteiger partial charge in [-0.2, -0.15) is 0 Å². The molecule has 0 bridgehead atoms. The summed E-state index contributed by atoms with van der Waals surface area (Å²) in [6.45, 7) is 11.8. The monoisotopic (exact) mass is 296 g/mol. The summed E-state index contributed by atoms with van der Waals surface area (Å²) in [5.41, 5.74) is 0. The van der Waals surface area contributed by atoms with Gasteiger partial charge in [0.1, 0.15) is 0 Å². The van der Waals surface area contributed by atoms with Gasteiger partial charge in [-0.25, -0.2) is 0 Å². The molecule has 124 valence electrons. The minimum atomic E-state index is 0.481. The highest BCUT2D eigenvalue weighted by molar-refractivity contribution is 4.93. The van der Waals surface area contributed by atoms with E-state index in [1.54, 1.807) is 0 Å². The maximum Gasteiger partial charge on any atom is 0.0586 e. The summed E-state index contributed by atoms with van der Waals surface area (Å²) in [5, 5.41) is 3.80. The Labute approximate surface area is 131 Å². The number of hydrogen-bond donors (Lipinski definition) is 1. The topological polar surface area (TPSA) is 24.5 Å². The van der Waals surface area contributed by atoms with E-state index in [1.165, 1.54) is 38.6 Å². The van der Waals surface area contributed by atoms with E-state index in [0.29, 0.717) is 18.2 Å². The first-order valence-electron chi connectivity index (χ1n) is 9.03. The van der Waals surface area contributed by atoms with Gasteiger partial charge in [0.25, 0.3) is 0 Å². The Morgan fingerprint density at radius 1 is 1.19 bits per heavy atom. The predicted molar refractivity (Wildman–Crippen MR) is 89.6 cm³/mol. The van der Waals surface area contributed by atoms with Gasteiger partial charge in [0.05, 0.1) is 6.10 Å². The molecule has 0 aromatic carbocycles. The van der Waals surface area contributed by atoms with Crippen molar-refractivity contribution in [2.75, 3.05) is 20.2 Å². The Bertz CT molecular complexity index is 306. The molecule has 2 fully saturated rings. The van der Waals surface area contributed by atoms with Crippen molar-refractivity contribution in [1.82, 2.24) is 10.2 Å². The van der Waals surface area contributed by atoms with Gasteiger partial charge in [-0.3, -0.25) is 4.90 Å². The number of nitrogens with one attached hydrogen (secondary N) is 1. The molecule has 0 amide bonds. The van der Waals surface area contributed by atoms with Crippen LogP contribution in [-0.4, -0.2) is 49.3 Å². The molecule has 0 radical (unpaired) electrons. The van der Waals surface area contributed by atoms with Crippen LogP contribution in [0.5, 0.6) is 0 Å². The van der Waals surface area contributed by atoms with Crippen molar-refractivity contribution in [3.8, 4) is 0 Å². The van der Waals surface area contributed by atoms with E-state index in [9.17, 15) is 0 Å². The molecule has 1 aliphatic heterocycles. The van der Waals surface area contributed by atoms with Gasteiger partial charge in [0.15, 0.2) is 0 Å². The third-order valence-electron chi connectivity index (χ3n) is 5.40. The van der Waals surface area contributed by atoms with Crippen LogP contribution in [0.1, 0.15) is 59.8 Å². The van der Waals surface area contributed by atoms with E-state index >= 15 is 0 Å². The minimum absolute atomic E-state index is 0.481. The first kappa shape index (κ1) is 17.2. The molecule has 1 aliphatic carbocycles. The predicted octanol–water partition coefficient (Wildman–Crippen LogP) is 3.29. The van der Waals surface area contributed by atoms with Crippen LogP contribution in [0.4, 0.5) is 0 Å². The van der Waals surface area contributed by atoms with E-state index in [-0.39, 0.29) is 0 Å². The molecule has 3 heteroatoms. The quantitative estimate of drug-likeness (QED) is 0.842. The van der Waals surface area contributed by atoms with Crippen LogP contribution in [0.25, 0.3) is 0 Å². The van der Waals surface area contributed by atoms with E-state index in [4.69, 9.17) is 4.74 Å². The fourth-order valence-electron chi connectivity index (χ4n) is 4.26. The van der Waals surface area contributed by atoms with E-state index in [2.05, 4.69) is 37.9 Å². The van der Waals surface area contributed by atoms with Gasteiger partial charge in [0, 0.05) is 38.3 Å². The van der Waals surface area contributed by atoms with E-state index in [1.807, 2.05) is 7.11 Å². The highest BCUT2D eigenvalue weighted by Gasteiger charge is 2.36. The summed E-state index contributed by atoms with van der Waals surface area (Å²) >= 11 is 0. The third kappa shape index (κ3) is 4.67.